The zero-order chi connectivity index (χ0) is 42.7. The van der Waals surface area contributed by atoms with Gasteiger partial charge >= 0.3 is 0 Å². The van der Waals surface area contributed by atoms with Crippen LogP contribution < -0.4 is 14.8 Å². The van der Waals surface area contributed by atoms with E-state index in [9.17, 15) is 15.0 Å². The predicted octanol–water partition coefficient (Wildman–Crippen LogP) is 12.3. The minimum absolute atomic E-state index is 0.00976. The SMILES string of the molecule is COc1ccc2cc1OCc1ccc3c(c(O)cc4c3c1C=C[C@@H]4C)CC#CO[C@@H](C[C@H]1C=C(O)C=C[C@H]1CCCCc1cccc(NCCCCC(C)C)c1)CC(=O)CC2. The quantitative estimate of drug-likeness (QED) is 0.0861. The zero-order valence-electron chi connectivity index (χ0n) is 36.5. The van der Waals surface area contributed by atoms with Crippen molar-refractivity contribution in [2.45, 2.75) is 116 Å². The van der Waals surface area contributed by atoms with Gasteiger partial charge in [0, 0.05) is 43.0 Å². The highest BCUT2D eigenvalue weighted by Crippen LogP contribution is 2.42. The topological polar surface area (TPSA) is 97.2 Å². The Bertz CT molecular complexity index is 2330. The first-order chi connectivity index (χ1) is 29.6. The normalized spacial score (nSPS) is 20.0. The van der Waals surface area contributed by atoms with Crippen LogP contribution in [0.3, 0.4) is 0 Å². The van der Waals surface area contributed by atoms with Gasteiger partial charge in [-0.2, -0.15) is 0 Å². The second-order valence-electron chi connectivity index (χ2n) is 17.7. The number of allylic oxidation sites excluding steroid dienone is 4. The number of phenols is 1. The van der Waals surface area contributed by atoms with Crippen LogP contribution in [0.5, 0.6) is 17.2 Å². The van der Waals surface area contributed by atoms with E-state index >= 15 is 0 Å². The van der Waals surface area contributed by atoms with Crippen LogP contribution in [0.4, 0.5) is 5.69 Å². The molecule has 0 unspecified atom stereocenters. The van der Waals surface area contributed by atoms with Crippen molar-refractivity contribution in [1.29, 1.82) is 0 Å². The van der Waals surface area contributed by atoms with Crippen LogP contribution in [0, 0.1) is 29.8 Å². The van der Waals surface area contributed by atoms with Crippen LogP contribution >= 0.6 is 0 Å². The van der Waals surface area contributed by atoms with E-state index in [1.165, 1.54) is 30.5 Å². The average Bonchev–Trinajstić information content (AvgIpc) is 3.24. The summed E-state index contributed by atoms with van der Waals surface area (Å²) in [6.07, 6.45) is 22.4. The molecular weight excluding hydrogens is 759 g/mol. The van der Waals surface area contributed by atoms with Crippen LogP contribution in [-0.2, 0) is 35.4 Å². The van der Waals surface area contributed by atoms with E-state index < -0.39 is 6.10 Å². The number of aliphatic hydroxyl groups is 1. The first-order valence-corrected chi connectivity index (χ1v) is 22.5. The molecule has 0 saturated heterocycles. The average molecular weight is 822 g/mol. The monoisotopic (exact) mass is 821 g/mol. The molecule has 4 atom stereocenters. The molecule has 2 aliphatic carbocycles. The van der Waals surface area contributed by atoms with Gasteiger partial charge in [0.25, 0.3) is 0 Å². The molecule has 320 valence electrons. The van der Waals surface area contributed by atoms with Crippen molar-refractivity contribution in [2.75, 3.05) is 19.0 Å². The Morgan fingerprint density at radius 2 is 1.84 bits per heavy atom. The Kier molecular flexibility index (Phi) is 14.8. The first-order valence-electron chi connectivity index (χ1n) is 22.5. The number of unbranched alkanes of at least 4 members (excludes halogenated alkanes) is 2. The van der Waals surface area contributed by atoms with E-state index in [1.807, 2.05) is 30.3 Å². The molecule has 61 heavy (non-hydrogen) atoms. The molecule has 7 heteroatoms. The smallest absolute Gasteiger partial charge is 0.161 e. The number of anilines is 1. The number of aryl methyl sites for hydroxylation is 2. The molecule has 6 bridgehead atoms. The molecule has 2 aliphatic heterocycles. The van der Waals surface area contributed by atoms with Gasteiger partial charge in [-0.1, -0.05) is 94.5 Å². The number of ether oxygens (including phenoxy) is 3. The Labute approximate surface area is 362 Å². The minimum atomic E-state index is -0.473. The molecule has 4 aromatic rings. The summed E-state index contributed by atoms with van der Waals surface area (Å²) in [6, 6.07) is 20.7. The summed E-state index contributed by atoms with van der Waals surface area (Å²) in [4.78, 5) is 13.7. The Morgan fingerprint density at radius 3 is 2.69 bits per heavy atom. The number of hydrogen-bond donors (Lipinski definition) is 3. The maximum atomic E-state index is 13.7. The fourth-order valence-electron chi connectivity index (χ4n) is 9.16. The van der Waals surface area contributed by atoms with Gasteiger partial charge in [0.1, 0.15) is 36.1 Å². The van der Waals surface area contributed by atoms with E-state index in [4.69, 9.17) is 14.2 Å². The number of carbonyl (C=O) groups is 1. The van der Waals surface area contributed by atoms with Crippen LogP contribution in [0.15, 0.2) is 90.7 Å². The number of aliphatic hydroxyl groups excluding tert-OH is 1. The molecule has 4 aromatic carbocycles. The molecule has 3 N–H and O–H groups in total. The molecule has 8 rings (SSSR count). The minimum Gasteiger partial charge on any atom is -0.508 e. The van der Waals surface area contributed by atoms with Crippen LogP contribution in [0.25, 0.3) is 16.8 Å². The number of ketones is 1. The lowest BCUT2D eigenvalue weighted by atomic mass is 9.80. The highest BCUT2D eigenvalue weighted by Gasteiger charge is 2.27. The van der Waals surface area contributed by atoms with E-state index in [2.05, 4.69) is 92.7 Å². The lowest BCUT2D eigenvalue weighted by Crippen LogP contribution is -2.24. The molecule has 4 aliphatic rings. The molecular formula is C54H63NO6. The molecule has 2 heterocycles. The largest absolute Gasteiger partial charge is 0.508 e. The number of carbonyl (C=O) groups excluding carboxylic acids is 1. The third-order valence-corrected chi connectivity index (χ3v) is 12.6. The van der Waals surface area contributed by atoms with Gasteiger partial charge in [-0.3, -0.25) is 4.79 Å². The molecule has 0 radical (unpaired) electrons. The summed E-state index contributed by atoms with van der Waals surface area (Å²) < 4.78 is 18.4. The number of phenolic OH excluding ortho intramolecular Hbond substituents is 1. The van der Waals surface area contributed by atoms with Gasteiger partial charge in [-0.05, 0) is 137 Å². The Hall–Kier alpha value is -5.61. The van der Waals surface area contributed by atoms with Gasteiger partial charge in [0.15, 0.2) is 11.5 Å². The molecule has 0 amide bonds. The Morgan fingerprint density at radius 1 is 0.951 bits per heavy atom. The number of methoxy groups -OCH3 is 1. The van der Waals surface area contributed by atoms with Gasteiger partial charge < -0.3 is 29.7 Å². The molecule has 0 saturated carbocycles. The van der Waals surface area contributed by atoms with E-state index in [-0.39, 0.29) is 47.9 Å². The van der Waals surface area contributed by atoms with Crippen LogP contribution in [0.1, 0.15) is 118 Å². The molecule has 0 aromatic heterocycles. The third-order valence-electron chi connectivity index (χ3n) is 12.6. The molecule has 0 spiro atoms. The molecule has 0 fully saturated rings. The maximum absolute atomic E-state index is 13.7. The standard InChI is InChI=1S/C54H63NO6/c1-36(2)11-7-8-27-55-43-15-9-13-38(29-43)12-5-6-14-40-20-23-44(56)31-42(40)32-46-33-45(57)22-18-39-19-26-52(59-4)53(30-39)61-35-41-21-25-49-48(16-10-28-60-46)51(58)34-50-37(3)17-24-47(41)54(49)50/h9,13,15,17,19-21,23-26,29-31,34,36-37,40,42,46,55-56,58H,5-8,11-12,14,16,18,22,27,32-33,35H2,1-4H3/t37-,40+,42+,46-/m0/s1. The lowest BCUT2D eigenvalue weighted by molar-refractivity contribution is -0.121. The van der Waals surface area contributed by atoms with Crippen molar-refractivity contribution in [2.24, 2.45) is 17.8 Å². The fourth-order valence-corrected chi connectivity index (χ4v) is 9.16. The summed E-state index contributed by atoms with van der Waals surface area (Å²) in [5.74, 6) is 6.07. The van der Waals surface area contributed by atoms with E-state index in [1.54, 1.807) is 13.2 Å². The van der Waals surface area contributed by atoms with Gasteiger partial charge in [-0.25, -0.2) is 0 Å². The number of fused-ring (bicyclic) bond motifs is 9. The summed E-state index contributed by atoms with van der Waals surface area (Å²) >= 11 is 0. The second kappa shape index (κ2) is 20.8. The fraction of sp³-hybridized carbons (Fsp3) is 0.426. The summed E-state index contributed by atoms with van der Waals surface area (Å²) in [7, 11) is 1.63. The maximum Gasteiger partial charge on any atom is 0.161 e. The number of rotatable bonds is 14. The third kappa shape index (κ3) is 11.4. The van der Waals surface area contributed by atoms with E-state index in [0.29, 0.717) is 37.4 Å². The van der Waals surface area contributed by atoms with Crippen LogP contribution in [0.2, 0.25) is 0 Å². The highest BCUT2D eigenvalue weighted by molar-refractivity contribution is 6.00. The zero-order valence-corrected chi connectivity index (χ0v) is 36.5. The van der Waals surface area contributed by atoms with Crippen molar-refractivity contribution in [3.05, 3.63) is 124 Å². The Balaban J connectivity index is 1.06. The molecule has 7 nitrogen and oxygen atoms in total. The van der Waals surface area contributed by atoms with Crippen molar-refractivity contribution >= 4 is 28.3 Å². The number of Topliss-reactive ketones (excluding diaryl/α,β-unsaturated/α-hetero) is 1. The van der Waals surface area contributed by atoms with Crippen LogP contribution in [-0.4, -0.2) is 35.8 Å². The number of benzene rings is 4. The van der Waals surface area contributed by atoms with Gasteiger partial charge in [-0.15, -0.1) is 0 Å². The van der Waals surface area contributed by atoms with E-state index in [0.717, 1.165) is 76.7 Å². The van der Waals surface area contributed by atoms with Gasteiger partial charge in [0.05, 0.1) is 7.11 Å². The van der Waals surface area contributed by atoms with Crippen molar-refractivity contribution in [3.8, 4) is 29.3 Å². The number of aromatic hydroxyl groups is 1. The summed E-state index contributed by atoms with van der Waals surface area (Å²) in [5.41, 5.74) is 7.44. The van der Waals surface area contributed by atoms with Crippen molar-refractivity contribution < 1.29 is 29.2 Å². The van der Waals surface area contributed by atoms with Gasteiger partial charge in [0.2, 0.25) is 0 Å². The van der Waals surface area contributed by atoms with Crippen molar-refractivity contribution in [3.63, 3.8) is 0 Å². The second-order valence-corrected chi connectivity index (χ2v) is 17.7. The summed E-state index contributed by atoms with van der Waals surface area (Å²) in [6.45, 7) is 8.04. The first kappa shape index (κ1) is 43.5. The number of nitrogens with one attached hydrogen (secondary N) is 1. The number of hydrogen-bond acceptors (Lipinski definition) is 7. The lowest BCUT2D eigenvalue weighted by Gasteiger charge is -2.28. The highest BCUT2D eigenvalue weighted by atomic mass is 16.5. The summed E-state index contributed by atoms with van der Waals surface area (Å²) in [5, 5.41) is 27.7. The van der Waals surface area contributed by atoms with Crippen molar-refractivity contribution in [1.82, 2.24) is 0 Å². The predicted molar refractivity (Wildman–Crippen MR) is 247 cm³/mol.